The van der Waals surface area contributed by atoms with E-state index in [2.05, 4.69) is 32.0 Å². The molecule has 0 bridgehead atoms. The van der Waals surface area contributed by atoms with E-state index in [9.17, 15) is 4.79 Å². The number of thiazole rings is 1. The fraction of sp³-hybridized carbons (Fsp3) is 0.278. The number of imidazole rings is 1. The number of nitrogens with zero attached hydrogens (tertiary/aromatic N) is 3. The van der Waals surface area contributed by atoms with Gasteiger partial charge in [0.15, 0.2) is 0 Å². The predicted octanol–water partition coefficient (Wildman–Crippen LogP) is 2.68. The normalized spacial score (nSPS) is 16.6. The van der Waals surface area contributed by atoms with Crippen LogP contribution in [0.3, 0.4) is 0 Å². The molecule has 1 aliphatic rings. The van der Waals surface area contributed by atoms with E-state index >= 15 is 0 Å². The molecule has 3 aromatic rings. The molecule has 0 aliphatic carbocycles. The standard InChI is InChI=1S/C18H18N4OS/c23-18(20-14-6-7-16-19-8-9-22(16)11-14)15-12-24-17(21-15)10-13-4-2-1-3-5-13/h1-5,8-9,12,14H,6-7,10-11H2,(H,20,23). The van der Waals surface area contributed by atoms with Crippen molar-refractivity contribution >= 4 is 17.2 Å². The van der Waals surface area contributed by atoms with Crippen molar-refractivity contribution in [2.75, 3.05) is 0 Å². The molecular weight excluding hydrogens is 320 g/mol. The summed E-state index contributed by atoms with van der Waals surface area (Å²) in [4.78, 5) is 21.2. The lowest BCUT2D eigenvalue weighted by Gasteiger charge is -2.24. The van der Waals surface area contributed by atoms with E-state index in [0.29, 0.717) is 5.69 Å². The summed E-state index contributed by atoms with van der Waals surface area (Å²) in [6.45, 7) is 0.780. The Bertz CT molecular complexity index is 840. The Morgan fingerprint density at radius 2 is 2.21 bits per heavy atom. The molecule has 1 amide bonds. The second kappa shape index (κ2) is 6.57. The monoisotopic (exact) mass is 338 g/mol. The Morgan fingerprint density at radius 1 is 1.33 bits per heavy atom. The Hall–Kier alpha value is -2.47. The summed E-state index contributed by atoms with van der Waals surface area (Å²) < 4.78 is 2.11. The van der Waals surface area contributed by atoms with Gasteiger partial charge in [-0.2, -0.15) is 0 Å². The van der Waals surface area contributed by atoms with Crippen LogP contribution in [0.1, 0.15) is 33.3 Å². The van der Waals surface area contributed by atoms with Gasteiger partial charge in [-0.05, 0) is 12.0 Å². The number of nitrogens with one attached hydrogen (secondary N) is 1. The fourth-order valence-corrected chi connectivity index (χ4v) is 3.82. The number of rotatable bonds is 4. The highest BCUT2D eigenvalue weighted by Crippen LogP contribution is 2.16. The van der Waals surface area contributed by atoms with Crippen molar-refractivity contribution < 1.29 is 4.79 Å². The van der Waals surface area contributed by atoms with Gasteiger partial charge in [0, 0.05) is 43.2 Å². The first-order valence-corrected chi connectivity index (χ1v) is 8.95. The first-order chi connectivity index (χ1) is 11.8. The Balaban J connectivity index is 1.39. The van der Waals surface area contributed by atoms with E-state index in [1.807, 2.05) is 36.0 Å². The van der Waals surface area contributed by atoms with Crippen molar-refractivity contribution in [3.05, 3.63) is 70.2 Å². The van der Waals surface area contributed by atoms with Gasteiger partial charge in [-0.3, -0.25) is 4.79 Å². The molecule has 4 rings (SSSR count). The van der Waals surface area contributed by atoms with Gasteiger partial charge < -0.3 is 9.88 Å². The number of carbonyl (C=O) groups is 1. The second-order valence-electron chi connectivity index (χ2n) is 5.99. The minimum Gasteiger partial charge on any atom is -0.346 e. The maximum absolute atomic E-state index is 12.4. The summed E-state index contributed by atoms with van der Waals surface area (Å²) >= 11 is 1.54. The number of hydrogen-bond acceptors (Lipinski definition) is 4. The van der Waals surface area contributed by atoms with Gasteiger partial charge >= 0.3 is 0 Å². The Morgan fingerprint density at radius 3 is 3.08 bits per heavy atom. The summed E-state index contributed by atoms with van der Waals surface area (Å²) in [6.07, 6.45) is 6.36. The van der Waals surface area contributed by atoms with Gasteiger partial charge in [0.1, 0.15) is 11.5 Å². The smallest absolute Gasteiger partial charge is 0.271 e. The van der Waals surface area contributed by atoms with E-state index in [4.69, 9.17) is 0 Å². The molecule has 0 radical (unpaired) electrons. The highest BCUT2D eigenvalue weighted by Gasteiger charge is 2.21. The summed E-state index contributed by atoms with van der Waals surface area (Å²) in [5.41, 5.74) is 1.72. The van der Waals surface area contributed by atoms with Crippen LogP contribution in [-0.2, 0) is 19.4 Å². The number of hydrogen-bond donors (Lipinski definition) is 1. The minimum atomic E-state index is -0.0841. The maximum atomic E-state index is 12.4. The fourth-order valence-electron chi connectivity index (χ4n) is 3.01. The third-order valence-electron chi connectivity index (χ3n) is 4.25. The van der Waals surface area contributed by atoms with Gasteiger partial charge in [0.2, 0.25) is 0 Å². The first-order valence-electron chi connectivity index (χ1n) is 8.07. The summed E-state index contributed by atoms with van der Waals surface area (Å²) in [7, 11) is 0. The zero-order valence-electron chi connectivity index (χ0n) is 13.2. The molecule has 122 valence electrons. The van der Waals surface area contributed by atoms with Gasteiger partial charge in [-0.25, -0.2) is 9.97 Å². The molecule has 5 nitrogen and oxygen atoms in total. The second-order valence-corrected chi connectivity index (χ2v) is 6.94. The van der Waals surface area contributed by atoms with Crippen molar-refractivity contribution in [3.8, 4) is 0 Å². The van der Waals surface area contributed by atoms with Crippen molar-refractivity contribution in [2.24, 2.45) is 0 Å². The van der Waals surface area contributed by atoms with E-state index in [0.717, 1.165) is 36.6 Å². The van der Waals surface area contributed by atoms with E-state index in [1.165, 1.54) is 16.9 Å². The molecule has 24 heavy (non-hydrogen) atoms. The van der Waals surface area contributed by atoms with Gasteiger partial charge in [0.25, 0.3) is 5.91 Å². The van der Waals surface area contributed by atoms with Crippen LogP contribution in [0.2, 0.25) is 0 Å². The number of carbonyl (C=O) groups excluding carboxylic acids is 1. The van der Waals surface area contributed by atoms with Crippen LogP contribution in [-0.4, -0.2) is 26.5 Å². The molecule has 2 aromatic heterocycles. The SMILES string of the molecule is O=C(NC1CCc2nccn2C1)c1csc(Cc2ccccc2)n1. The topological polar surface area (TPSA) is 59.8 Å². The molecule has 1 atom stereocenters. The van der Waals surface area contributed by atoms with Gasteiger partial charge in [-0.1, -0.05) is 30.3 Å². The number of fused-ring (bicyclic) bond motifs is 1. The Labute approximate surface area is 144 Å². The van der Waals surface area contributed by atoms with Gasteiger partial charge in [0.05, 0.1) is 5.01 Å². The third kappa shape index (κ3) is 3.23. The quantitative estimate of drug-likeness (QED) is 0.796. The number of benzene rings is 1. The summed E-state index contributed by atoms with van der Waals surface area (Å²) in [6, 6.07) is 10.3. The van der Waals surface area contributed by atoms with Crippen LogP contribution >= 0.6 is 11.3 Å². The molecule has 1 aliphatic heterocycles. The van der Waals surface area contributed by atoms with Crippen molar-refractivity contribution in [3.63, 3.8) is 0 Å². The largest absolute Gasteiger partial charge is 0.346 e. The van der Waals surface area contributed by atoms with Crippen LogP contribution in [0.5, 0.6) is 0 Å². The lowest BCUT2D eigenvalue weighted by atomic mass is 10.1. The molecule has 0 saturated carbocycles. The zero-order chi connectivity index (χ0) is 16.4. The highest BCUT2D eigenvalue weighted by molar-refractivity contribution is 7.09. The average Bonchev–Trinajstić information content (AvgIpc) is 3.24. The van der Waals surface area contributed by atoms with Crippen LogP contribution in [0.25, 0.3) is 0 Å². The Kier molecular flexibility index (Phi) is 4.13. The average molecular weight is 338 g/mol. The van der Waals surface area contributed by atoms with Crippen LogP contribution in [0, 0.1) is 0 Å². The number of amides is 1. The lowest BCUT2D eigenvalue weighted by molar-refractivity contribution is 0.0923. The molecular formula is C18H18N4OS. The van der Waals surface area contributed by atoms with Crippen molar-refractivity contribution in [1.29, 1.82) is 0 Å². The molecule has 0 spiro atoms. The number of aromatic nitrogens is 3. The molecule has 6 heteroatoms. The molecule has 1 N–H and O–H groups in total. The van der Waals surface area contributed by atoms with Crippen LogP contribution < -0.4 is 5.32 Å². The van der Waals surface area contributed by atoms with E-state index < -0.39 is 0 Å². The first kappa shape index (κ1) is 15.1. The minimum absolute atomic E-state index is 0.0841. The predicted molar refractivity (Wildman–Crippen MR) is 93.2 cm³/mol. The summed E-state index contributed by atoms with van der Waals surface area (Å²) in [5, 5.41) is 5.91. The van der Waals surface area contributed by atoms with Crippen molar-refractivity contribution in [2.45, 2.75) is 31.8 Å². The van der Waals surface area contributed by atoms with Crippen LogP contribution in [0.4, 0.5) is 0 Å². The zero-order valence-corrected chi connectivity index (χ0v) is 14.0. The maximum Gasteiger partial charge on any atom is 0.271 e. The highest BCUT2D eigenvalue weighted by atomic mass is 32.1. The molecule has 1 aromatic carbocycles. The lowest BCUT2D eigenvalue weighted by Crippen LogP contribution is -2.41. The molecule has 0 fully saturated rings. The van der Waals surface area contributed by atoms with E-state index in [1.54, 1.807) is 0 Å². The van der Waals surface area contributed by atoms with Crippen molar-refractivity contribution in [1.82, 2.24) is 19.9 Å². The number of aryl methyl sites for hydroxylation is 1. The molecule has 3 heterocycles. The van der Waals surface area contributed by atoms with Gasteiger partial charge in [-0.15, -0.1) is 11.3 Å². The molecule has 0 saturated heterocycles. The third-order valence-corrected chi connectivity index (χ3v) is 5.10. The molecule has 1 unspecified atom stereocenters. The van der Waals surface area contributed by atoms with Crippen LogP contribution in [0.15, 0.2) is 48.1 Å². The van der Waals surface area contributed by atoms with E-state index in [-0.39, 0.29) is 11.9 Å². The summed E-state index contributed by atoms with van der Waals surface area (Å²) in [5.74, 6) is 1.01.